The van der Waals surface area contributed by atoms with Crippen molar-refractivity contribution in [1.29, 1.82) is 0 Å². The minimum Gasteiger partial charge on any atom is -0.457 e. The lowest BCUT2D eigenvalue weighted by Gasteiger charge is -2.11. The second kappa shape index (κ2) is 6.57. The third kappa shape index (κ3) is 3.95. The average molecular weight is 359 g/mol. The lowest BCUT2D eigenvalue weighted by atomic mass is 10.1. The number of hydrogen-bond donors (Lipinski definition) is 1. The molecule has 0 heterocycles. The first-order valence-electron chi connectivity index (χ1n) is 6.12. The maximum absolute atomic E-state index is 13.1. The van der Waals surface area contributed by atoms with E-state index in [-0.39, 0.29) is 11.1 Å². The van der Waals surface area contributed by atoms with Crippen molar-refractivity contribution in [3.05, 3.63) is 57.3 Å². The molecule has 1 atom stereocenters. The van der Waals surface area contributed by atoms with E-state index in [1.54, 1.807) is 0 Å². The van der Waals surface area contributed by atoms with Crippen LogP contribution >= 0.6 is 27.5 Å². The lowest BCUT2D eigenvalue weighted by Crippen LogP contribution is -2.17. The van der Waals surface area contributed by atoms with Gasteiger partial charge in [0.2, 0.25) is 0 Å². The van der Waals surface area contributed by atoms with Crippen molar-refractivity contribution in [2.75, 3.05) is 0 Å². The molecule has 1 unspecified atom stereocenters. The summed E-state index contributed by atoms with van der Waals surface area (Å²) < 4.78 is 19.6. The van der Waals surface area contributed by atoms with E-state index in [9.17, 15) is 4.39 Å². The van der Waals surface area contributed by atoms with Crippen LogP contribution in [0.2, 0.25) is 5.02 Å². The first kappa shape index (κ1) is 15.3. The van der Waals surface area contributed by atoms with Gasteiger partial charge in [0, 0.05) is 16.6 Å². The van der Waals surface area contributed by atoms with Gasteiger partial charge >= 0.3 is 0 Å². The summed E-state index contributed by atoms with van der Waals surface area (Å²) in [7, 11) is 0. The van der Waals surface area contributed by atoms with Crippen molar-refractivity contribution < 1.29 is 9.13 Å². The number of nitrogens with two attached hydrogens (primary N) is 1. The number of hydrogen-bond acceptors (Lipinski definition) is 2. The lowest BCUT2D eigenvalue weighted by molar-refractivity contribution is 0.480. The molecular weight excluding hydrogens is 345 g/mol. The summed E-state index contributed by atoms with van der Waals surface area (Å²) in [5, 5.41) is 0.0372. The summed E-state index contributed by atoms with van der Waals surface area (Å²) in [6, 6.07) is 10.00. The van der Waals surface area contributed by atoms with Crippen LogP contribution < -0.4 is 10.5 Å². The fourth-order valence-electron chi connectivity index (χ4n) is 1.78. The van der Waals surface area contributed by atoms with E-state index >= 15 is 0 Å². The summed E-state index contributed by atoms with van der Waals surface area (Å²) >= 11 is 9.21. The molecule has 5 heteroatoms. The first-order valence-corrected chi connectivity index (χ1v) is 7.29. The van der Waals surface area contributed by atoms with Crippen LogP contribution in [0.25, 0.3) is 0 Å². The van der Waals surface area contributed by atoms with E-state index in [1.807, 2.05) is 25.1 Å². The standard InChI is InChI=1S/C15H14BrClFNO/c1-9(19)6-10-2-3-11(7-13(10)16)20-12-4-5-15(18)14(17)8-12/h2-5,7-9H,6,19H2,1H3. The van der Waals surface area contributed by atoms with E-state index in [2.05, 4.69) is 15.9 Å². The Bertz CT molecular complexity index is 619. The molecule has 0 spiro atoms. The highest BCUT2D eigenvalue weighted by Gasteiger charge is 2.07. The molecule has 2 N–H and O–H groups in total. The second-order valence-corrected chi connectivity index (χ2v) is 5.87. The number of benzene rings is 2. The SMILES string of the molecule is CC(N)Cc1ccc(Oc2ccc(F)c(Cl)c2)cc1Br. The number of rotatable bonds is 4. The van der Waals surface area contributed by atoms with Crippen LogP contribution in [0.3, 0.4) is 0 Å². The Morgan fingerprint density at radius 3 is 2.50 bits per heavy atom. The molecule has 2 aromatic rings. The number of ether oxygens (including phenoxy) is 1. The quantitative estimate of drug-likeness (QED) is 0.841. The molecule has 106 valence electrons. The van der Waals surface area contributed by atoms with Gasteiger partial charge in [-0.25, -0.2) is 4.39 Å². The summed E-state index contributed by atoms with van der Waals surface area (Å²) in [6.07, 6.45) is 0.781. The van der Waals surface area contributed by atoms with Crippen LogP contribution in [-0.4, -0.2) is 6.04 Å². The minimum absolute atomic E-state index is 0.0372. The maximum Gasteiger partial charge on any atom is 0.142 e. The Labute approximate surface area is 130 Å². The predicted octanol–water partition coefficient (Wildman–Crippen LogP) is 4.92. The topological polar surface area (TPSA) is 35.2 Å². The van der Waals surface area contributed by atoms with Gasteiger partial charge in [0.05, 0.1) is 5.02 Å². The smallest absolute Gasteiger partial charge is 0.142 e. The van der Waals surface area contributed by atoms with E-state index in [0.717, 1.165) is 16.5 Å². The second-order valence-electron chi connectivity index (χ2n) is 4.61. The van der Waals surface area contributed by atoms with Crippen molar-refractivity contribution in [2.45, 2.75) is 19.4 Å². The fraction of sp³-hybridized carbons (Fsp3) is 0.200. The Kier molecular flexibility index (Phi) is 5.02. The van der Waals surface area contributed by atoms with Crippen LogP contribution in [-0.2, 0) is 6.42 Å². The van der Waals surface area contributed by atoms with E-state index < -0.39 is 5.82 Å². The van der Waals surface area contributed by atoms with Crippen molar-refractivity contribution in [3.8, 4) is 11.5 Å². The molecule has 2 rings (SSSR count). The van der Waals surface area contributed by atoms with E-state index in [4.69, 9.17) is 22.1 Å². The van der Waals surface area contributed by atoms with E-state index in [0.29, 0.717) is 11.5 Å². The Balaban J connectivity index is 2.17. The van der Waals surface area contributed by atoms with Crippen LogP contribution in [0.4, 0.5) is 4.39 Å². The van der Waals surface area contributed by atoms with Crippen molar-refractivity contribution in [2.24, 2.45) is 5.73 Å². The summed E-state index contributed by atoms with van der Waals surface area (Å²) in [6.45, 7) is 1.96. The molecule has 0 bridgehead atoms. The Morgan fingerprint density at radius 2 is 1.90 bits per heavy atom. The third-order valence-corrected chi connectivity index (χ3v) is 3.72. The first-order chi connectivity index (χ1) is 9.45. The summed E-state index contributed by atoms with van der Waals surface area (Å²) in [4.78, 5) is 0. The highest BCUT2D eigenvalue weighted by molar-refractivity contribution is 9.10. The Morgan fingerprint density at radius 1 is 1.25 bits per heavy atom. The van der Waals surface area contributed by atoms with Gasteiger partial charge in [0.15, 0.2) is 0 Å². The van der Waals surface area contributed by atoms with E-state index in [1.165, 1.54) is 18.2 Å². The highest BCUT2D eigenvalue weighted by atomic mass is 79.9. The zero-order chi connectivity index (χ0) is 14.7. The molecule has 20 heavy (non-hydrogen) atoms. The predicted molar refractivity (Wildman–Crippen MR) is 83.0 cm³/mol. The zero-order valence-electron chi connectivity index (χ0n) is 10.9. The van der Waals surface area contributed by atoms with Gasteiger partial charge in [0.1, 0.15) is 17.3 Å². The summed E-state index contributed by atoms with van der Waals surface area (Å²) in [5.74, 6) is 0.670. The van der Waals surface area contributed by atoms with Gasteiger partial charge < -0.3 is 10.5 Å². The van der Waals surface area contributed by atoms with Gasteiger partial charge in [-0.05, 0) is 43.2 Å². The highest BCUT2D eigenvalue weighted by Crippen LogP contribution is 2.29. The Hall–Kier alpha value is -1.10. The monoisotopic (exact) mass is 357 g/mol. The van der Waals surface area contributed by atoms with Gasteiger partial charge in [-0.2, -0.15) is 0 Å². The molecule has 2 aromatic carbocycles. The maximum atomic E-state index is 13.1. The molecule has 0 saturated heterocycles. The molecule has 0 aromatic heterocycles. The molecule has 2 nitrogen and oxygen atoms in total. The normalized spacial score (nSPS) is 12.2. The third-order valence-electron chi connectivity index (χ3n) is 2.69. The molecule has 0 aliphatic rings. The molecule has 0 aliphatic carbocycles. The average Bonchev–Trinajstić information content (AvgIpc) is 2.37. The fourth-order valence-corrected chi connectivity index (χ4v) is 2.47. The molecular formula is C15H14BrClFNO. The number of halogens is 3. The van der Waals surface area contributed by atoms with Crippen LogP contribution in [0.15, 0.2) is 40.9 Å². The van der Waals surface area contributed by atoms with Gasteiger partial charge in [0.25, 0.3) is 0 Å². The van der Waals surface area contributed by atoms with Crippen LogP contribution in [0, 0.1) is 5.82 Å². The zero-order valence-corrected chi connectivity index (χ0v) is 13.2. The molecule has 0 saturated carbocycles. The minimum atomic E-state index is -0.465. The molecule has 0 amide bonds. The molecule has 0 fully saturated rings. The van der Waals surface area contributed by atoms with Crippen molar-refractivity contribution in [3.63, 3.8) is 0 Å². The van der Waals surface area contributed by atoms with Crippen LogP contribution in [0.5, 0.6) is 11.5 Å². The van der Waals surface area contributed by atoms with Gasteiger partial charge in [-0.3, -0.25) is 0 Å². The van der Waals surface area contributed by atoms with Gasteiger partial charge in [-0.1, -0.05) is 33.6 Å². The summed E-state index contributed by atoms with van der Waals surface area (Å²) in [5.41, 5.74) is 6.90. The molecule has 0 radical (unpaired) electrons. The van der Waals surface area contributed by atoms with Crippen molar-refractivity contribution >= 4 is 27.5 Å². The van der Waals surface area contributed by atoms with Crippen LogP contribution in [0.1, 0.15) is 12.5 Å². The van der Waals surface area contributed by atoms with Crippen molar-refractivity contribution in [1.82, 2.24) is 0 Å². The molecule has 0 aliphatic heterocycles. The van der Waals surface area contributed by atoms with Gasteiger partial charge in [-0.15, -0.1) is 0 Å². The largest absolute Gasteiger partial charge is 0.457 e.